The molecule has 0 radical (unpaired) electrons. The average Bonchev–Trinajstić information content (AvgIpc) is 3.08. The molecule has 0 N–H and O–H groups in total. The fourth-order valence-electron chi connectivity index (χ4n) is 2.99. The molecular formula is C17H10F4N4O. The summed E-state index contributed by atoms with van der Waals surface area (Å²) in [7, 11) is 0. The topological polar surface area (TPSA) is 59.6 Å². The fraction of sp³-hybridized carbons (Fsp3) is 0.176. The van der Waals surface area contributed by atoms with Crippen molar-refractivity contribution < 1.29 is 17.6 Å². The third kappa shape index (κ3) is 2.75. The van der Waals surface area contributed by atoms with E-state index in [0.29, 0.717) is 26.8 Å². The summed E-state index contributed by atoms with van der Waals surface area (Å²) in [5.74, 6) is -0.524. The number of benzene rings is 1. The lowest BCUT2D eigenvalue weighted by atomic mass is 10.0. The van der Waals surface area contributed by atoms with Crippen molar-refractivity contribution in [2.75, 3.05) is 0 Å². The van der Waals surface area contributed by atoms with Gasteiger partial charge < -0.3 is 0 Å². The molecule has 5 nitrogen and oxygen atoms in total. The maximum atomic E-state index is 13.1. The Hall–Kier alpha value is -3.10. The molecular weight excluding hydrogens is 352 g/mol. The quantitative estimate of drug-likeness (QED) is 0.636. The number of pyridine rings is 2. The minimum atomic E-state index is -4.58. The van der Waals surface area contributed by atoms with Gasteiger partial charge in [-0.25, -0.2) is 4.39 Å². The zero-order valence-electron chi connectivity index (χ0n) is 13.1. The van der Waals surface area contributed by atoms with E-state index >= 15 is 0 Å². The molecule has 0 saturated heterocycles. The van der Waals surface area contributed by atoms with Gasteiger partial charge in [0.25, 0.3) is 5.56 Å². The molecule has 0 unspecified atom stereocenters. The highest BCUT2D eigenvalue weighted by atomic mass is 19.4. The monoisotopic (exact) mass is 362 g/mol. The standard InChI is InChI=1S/C17H10F4N4O/c18-10-2-4-13(22-6-10)9-1-3-11-12-7-23-24-15(12)16(26)25(14(11)5-9)8-17(19,20)21/h1-6H,7-8H2. The van der Waals surface area contributed by atoms with Gasteiger partial charge in [-0.05, 0) is 18.2 Å². The lowest BCUT2D eigenvalue weighted by Gasteiger charge is -2.15. The largest absolute Gasteiger partial charge is 0.406 e. The van der Waals surface area contributed by atoms with E-state index in [0.717, 1.165) is 6.20 Å². The van der Waals surface area contributed by atoms with Gasteiger partial charge in [-0.3, -0.25) is 14.3 Å². The highest BCUT2D eigenvalue weighted by Gasteiger charge is 2.31. The van der Waals surface area contributed by atoms with Gasteiger partial charge in [0.1, 0.15) is 12.4 Å². The molecule has 0 spiro atoms. The predicted octanol–water partition coefficient (Wildman–Crippen LogP) is 4.36. The molecule has 0 saturated carbocycles. The molecule has 0 aliphatic carbocycles. The number of rotatable bonds is 2. The number of hydrogen-bond donors (Lipinski definition) is 0. The minimum Gasteiger partial charge on any atom is -0.297 e. The molecule has 2 aromatic heterocycles. The number of aromatic nitrogens is 2. The number of azo groups is 1. The third-order valence-corrected chi connectivity index (χ3v) is 4.11. The van der Waals surface area contributed by atoms with Crippen LogP contribution < -0.4 is 5.56 Å². The van der Waals surface area contributed by atoms with Crippen LogP contribution in [0.2, 0.25) is 0 Å². The number of alkyl halides is 3. The van der Waals surface area contributed by atoms with Gasteiger partial charge in [0.15, 0.2) is 5.69 Å². The van der Waals surface area contributed by atoms with E-state index in [1.54, 1.807) is 12.1 Å². The van der Waals surface area contributed by atoms with E-state index in [1.807, 2.05) is 0 Å². The molecule has 1 aliphatic heterocycles. The zero-order valence-corrected chi connectivity index (χ0v) is 13.1. The van der Waals surface area contributed by atoms with Crippen LogP contribution in [0, 0.1) is 5.82 Å². The summed E-state index contributed by atoms with van der Waals surface area (Å²) < 4.78 is 52.7. The van der Waals surface area contributed by atoms with E-state index in [4.69, 9.17) is 0 Å². The van der Waals surface area contributed by atoms with Crippen LogP contribution in [-0.4, -0.2) is 15.7 Å². The van der Waals surface area contributed by atoms with Gasteiger partial charge in [-0.2, -0.15) is 18.3 Å². The summed E-state index contributed by atoms with van der Waals surface area (Å²) in [6, 6.07) is 7.33. The van der Waals surface area contributed by atoms with Gasteiger partial charge in [0, 0.05) is 16.5 Å². The van der Waals surface area contributed by atoms with Gasteiger partial charge >= 0.3 is 6.18 Å². The summed E-state index contributed by atoms with van der Waals surface area (Å²) in [6.45, 7) is -1.30. The number of fused-ring (bicyclic) bond motifs is 3. The Bertz CT molecular complexity index is 1100. The van der Waals surface area contributed by atoms with Crippen molar-refractivity contribution in [3.63, 3.8) is 0 Å². The summed E-state index contributed by atoms with van der Waals surface area (Å²) in [5, 5.41) is 7.94. The Labute approximate surface area is 143 Å². The summed E-state index contributed by atoms with van der Waals surface area (Å²) in [5.41, 5.74) is 0.572. The maximum absolute atomic E-state index is 13.1. The second kappa shape index (κ2) is 5.72. The summed E-state index contributed by atoms with van der Waals surface area (Å²) >= 11 is 0. The lowest BCUT2D eigenvalue weighted by molar-refractivity contribution is -0.140. The molecule has 4 rings (SSSR count). The van der Waals surface area contributed by atoms with Crippen LogP contribution in [0.5, 0.6) is 0 Å². The first kappa shape index (κ1) is 16.4. The van der Waals surface area contributed by atoms with Gasteiger partial charge in [-0.1, -0.05) is 12.1 Å². The Morgan fingerprint density at radius 3 is 2.65 bits per heavy atom. The normalized spacial score (nSPS) is 13.4. The van der Waals surface area contributed by atoms with Crippen molar-refractivity contribution >= 4 is 16.6 Å². The van der Waals surface area contributed by atoms with Crippen molar-refractivity contribution in [2.45, 2.75) is 19.3 Å². The molecule has 132 valence electrons. The van der Waals surface area contributed by atoms with E-state index in [1.165, 1.54) is 18.2 Å². The molecule has 3 heterocycles. The van der Waals surface area contributed by atoms with Crippen LogP contribution >= 0.6 is 0 Å². The van der Waals surface area contributed by atoms with Crippen molar-refractivity contribution in [3.8, 4) is 11.3 Å². The molecule has 3 aromatic rings. The van der Waals surface area contributed by atoms with Crippen molar-refractivity contribution in [1.29, 1.82) is 0 Å². The Morgan fingerprint density at radius 1 is 1.15 bits per heavy atom. The molecule has 9 heteroatoms. The smallest absolute Gasteiger partial charge is 0.297 e. The van der Waals surface area contributed by atoms with Crippen LogP contribution in [0.1, 0.15) is 5.56 Å². The molecule has 0 bridgehead atoms. The van der Waals surface area contributed by atoms with Crippen LogP contribution in [0.4, 0.5) is 23.2 Å². The van der Waals surface area contributed by atoms with Crippen LogP contribution in [-0.2, 0) is 13.1 Å². The Morgan fingerprint density at radius 2 is 1.96 bits per heavy atom. The molecule has 1 aliphatic rings. The van der Waals surface area contributed by atoms with E-state index in [9.17, 15) is 22.4 Å². The predicted molar refractivity (Wildman–Crippen MR) is 85.7 cm³/mol. The van der Waals surface area contributed by atoms with Crippen LogP contribution in [0.25, 0.3) is 22.2 Å². The number of halogens is 4. The summed E-state index contributed by atoms with van der Waals surface area (Å²) in [6.07, 6.45) is -3.56. The van der Waals surface area contributed by atoms with Crippen molar-refractivity contribution in [3.05, 3.63) is 58.3 Å². The second-order valence-electron chi connectivity index (χ2n) is 5.83. The fourth-order valence-corrected chi connectivity index (χ4v) is 2.99. The van der Waals surface area contributed by atoms with E-state index in [-0.39, 0.29) is 17.7 Å². The van der Waals surface area contributed by atoms with Gasteiger partial charge in [0.2, 0.25) is 0 Å². The van der Waals surface area contributed by atoms with Crippen molar-refractivity contribution in [2.24, 2.45) is 10.2 Å². The maximum Gasteiger partial charge on any atom is 0.406 e. The molecule has 0 fully saturated rings. The summed E-state index contributed by atoms with van der Waals surface area (Å²) in [4.78, 5) is 16.4. The van der Waals surface area contributed by atoms with E-state index < -0.39 is 24.1 Å². The first-order valence-corrected chi connectivity index (χ1v) is 7.59. The van der Waals surface area contributed by atoms with Crippen molar-refractivity contribution in [1.82, 2.24) is 9.55 Å². The van der Waals surface area contributed by atoms with Gasteiger partial charge in [0.05, 0.1) is 24.0 Å². The first-order chi connectivity index (χ1) is 12.3. The number of hydrogen-bond acceptors (Lipinski definition) is 4. The molecule has 0 atom stereocenters. The highest BCUT2D eigenvalue weighted by Crippen LogP contribution is 2.33. The Kier molecular flexibility index (Phi) is 3.60. The van der Waals surface area contributed by atoms with E-state index in [2.05, 4.69) is 15.2 Å². The zero-order chi connectivity index (χ0) is 18.5. The SMILES string of the molecule is O=c1c2c(c3ccc(-c4ccc(F)cn4)cc3n1CC(F)(F)F)CN=N2. The third-order valence-electron chi connectivity index (χ3n) is 4.11. The molecule has 26 heavy (non-hydrogen) atoms. The van der Waals surface area contributed by atoms with Crippen LogP contribution in [0.3, 0.4) is 0 Å². The van der Waals surface area contributed by atoms with Gasteiger partial charge in [-0.15, -0.1) is 5.11 Å². The van der Waals surface area contributed by atoms with Crippen LogP contribution in [0.15, 0.2) is 51.6 Å². The molecule has 1 aromatic carbocycles. The minimum absolute atomic E-state index is 0.0607. The highest BCUT2D eigenvalue weighted by molar-refractivity contribution is 5.90. The Balaban J connectivity index is 1.99. The second-order valence-corrected chi connectivity index (χ2v) is 5.83. The first-order valence-electron chi connectivity index (χ1n) is 7.59. The molecule has 0 amide bonds. The average molecular weight is 362 g/mol. The number of nitrogens with zero attached hydrogens (tertiary/aromatic N) is 4. The lowest BCUT2D eigenvalue weighted by Crippen LogP contribution is -2.28.